The summed E-state index contributed by atoms with van der Waals surface area (Å²) in [6.07, 6.45) is 4.12. The Bertz CT molecular complexity index is 1790. The third-order valence-corrected chi connectivity index (χ3v) is 13.6. The Morgan fingerprint density at radius 2 is 1.08 bits per heavy atom. The average molecular weight is 885 g/mol. The van der Waals surface area contributed by atoms with Crippen LogP contribution in [0.25, 0.3) is 11.1 Å². The van der Waals surface area contributed by atoms with Crippen molar-refractivity contribution in [3.63, 3.8) is 0 Å². The van der Waals surface area contributed by atoms with E-state index in [4.69, 9.17) is 0 Å². The molecule has 0 bridgehead atoms. The van der Waals surface area contributed by atoms with Gasteiger partial charge in [-0.25, -0.2) is 0 Å². The van der Waals surface area contributed by atoms with Crippen molar-refractivity contribution >= 4 is 35.3 Å². The SMILES string of the molecule is CC[C@@H](C)C(=O)N[C@H](C(=O)N1CCC[C@H]1CN(C(=O)c1ccc(-c2ccc(C(=O)N(C[C@@H]3CCCN3C(=O)[C@@H](CC(=O)[C@H](C)NC)C(C)(C)C)C(C)C)cc2)cc1)C(C)C)C(C)(C)C. The van der Waals surface area contributed by atoms with E-state index in [1.807, 2.05) is 158 Å². The first-order chi connectivity index (χ1) is 29.9. The monoisotopic (exact) mass is 885 g/mol. The highest BCUT2D eigenvalue weighted by atomic mass is 16.2. The molecule has 0 unspecified atom stereocenters. The zero-order valence-corrected chi connectivity index (χ0v) is 41.5. The minimum atomic E-state index is -0.671. The van der Waals surface area contributed by atoms with Crippen LogP contribution >= 0.6 is 0 Å². The van der Waals surface area contributed by atoms with Crippen molar-refractivity contribution in [1.82, 2.24) is 30.2 Å². The number of hydrogen-bond acceptors (Lipinski definition) is 7. The maximum atomic E-state index is 14.1. The molecule has 0 saturated carbocycles. The molecule has 2 aromatic carbocycles. The van der Waals surface area contributed by atoms with E-state index < -0.39 is 22.8 Å². The summed E-state index contributed by atoms with van der Waals surface area (Å²) >= 11 is 0. The molecule has 5 amide bonds. The number of nitrogens with one attached hydrogen (secondary N) is 2. The largest absolute Gasteiger partial charge is 0.344 e. The van der Waals surface area contributed by atoms with Crippen LogP contribution in [0.15, 0.2) is 48.5 Å². The Morgan fingerprint density at radius 1 is 0.656 bits per heavy atom. The van der Waals surface area contributed by atoms with Gasteiger partial charge in [0.1, 0.15) is 11.8 Å². The van der Waals surface area contributed by atoms with Gasteiger partial charge in [0.15, 0.2) is 0 Å². The number of carbonyl (C=O) groups excluding carboxylic acids is 6. The topological polar surface area (TPSA) is 139 Å². The highest BCUT2D eigenvalue weighted by Crippen LogP contribution is 2.34. The Morgan fingerprint density at radius 3 is 1.44 bits per heavy atom. The van der Waals surface area contributed by atoms with Crippen molar-refractivity contribution in [2.24, 2.45) is 22.7 Å². The lowest BCUT2D eigenvalue weighted by molar-refractivity contribution is -0.143. The fourth-order valence-electron chi connectivity index (χ4n) is 8.87. The zero-order chi connectivity index (χ0) is 47.8. The number of ketones is 1. The first kappa shape index (κ1) is 52.0. The lowest BCUT2D eigenvalue weighted by Gasteiger charge is -2.38. The Kier molecular flexibility index (Phi) is 17.9. The van der Waals surface area contributed by atoms with Gasteiger partial charge in [-0.15, -0.1) is 0 Å². The smallest absolute Gasteiger partial charge is 0.254 e. The summed E-state index contributed by atoms with van der Waals surface area (Å²) in [6.45, 7) is 27.6. The number of carbonyl (C=O) groups is 6. The molecule has 0 spiro atoms. The van der Waals surface area contributed by atoms with Crippen LogP contribution in [0.2, 0.25) is 0 Å². The minimum Gasteiger partial charge on any atom is -0.344 e. The maximum Gasteiger partial charge on any atom is 0.254 e. The molecule has 2 heterocycles. The molecule has 2 aliphatic heterocycles. The fraction of sp³-hybridized carbons (Fsp3) is 0.654. The molecule has 354 valence electrons. The number of likely N-dealkylation sites (N-methyl/N-ethyl adjacent to an activating group) is 1. The van der Waals surface area contributed by atoms with E-state index in [9.17, 15) is 28.8 Å². The van der Waals surface area contributed by atoms with E-state index >= 15 is 0 Å². The van der Waals surface area contributed by atoms with Gasteiger partial charge in [-0.05, 0) is 120 Å². The third-order valence-electron chi connectivity index (χ3n) is 13.6. The molecule has 4 rings (SSSR count). The van der Waals surface area contributed by atoms with Gasteiger partial charge in [0.25, 0.3) is 11.8 Å². The molecule has 2 N–H and O–H groups in total. The lowest BCUT2D eigenvalue weighted by Crippen LogP contribution is -2.58. The van der Waals surface area contributed by atoms with Crippen molar-refractivity contribution in [3.8, 4) is 11.1 Å². The van der Waals surface area contributed by atoms with Crippen LogP contribution in [0.3, 0.4) is 0 Å². The number of rotatable bonds is 18. The molecule has 0 aliphatic carbocycles. The predicted octanol–water partition coefficient (Wildman–Crippen LogP) is 7.84. The highest BCUT2D eigenvalue weighted by molar-refractivity contribution is 5.96. The number of Topliss-reactive ketones (excluding diaryl/α,β-unsaturated/α-hetero) is 1. The Balaban J connectivity index is 1.45. The van der Waals surface area contributed by atoms with E-state index in [0.29, 0.717) is 43.7 Å². The fourth-order valence-corrected chi connectivity index (χ4v) is 8.87. The molecule has 2 aliphatic rings. The summed E-state index contributed by atoms with van der Waals surface area (Å²) in [6, 6.07) is 13.5. The van der Waals surface area contributed by atoms with Gasteiger partial charge < -0.3 is 30.2 Å². The van der Waals surface area contributed by atoms with E-state index in [1.54, 1.807) is 7.05 Å². The van der Waals surface area contributed by atoms with Crippen LogP contribution < -0.4 is 10.6 Å². The van der Waals surface area contributed by atoms with Crippen molar-refractivity contribution in [2.75, 3.05) is 33.2 Å². The number of likely N-dealkylation sites (tertiary alicyclic amines) is 2. The second-order valence-corrected chi connectivity index (χ2v) is 21.1. The van der Waals surface area contributed by atoms with Gasteiger partial charge in [0, 0.05) is 79.7 Å². The molecule has 12 heteroatoms. The van der Waals surface area contributed by atoms with Gasteiger partial charge in [-0.1, -0.05) is 79.7 Å². The molecule has 2 aromatic rings. The van der Waals surface area contributed by atoms with Crippen LogP contribution in [0, 0.1) is 22.7 Å². The summed E-state index contributed by atoms with van der Waals surface area (Å²) in [7, 11) is 1.75. The van der Waals surface area contributed by atoms with Crippen LogP contribution in [-0.4, -0.2) is 124 Å². The summed E-state index contributed by atoms with van der Waals surface area (Å²) < 4.78 is 0. The van der Waals surface area contributed by atoms with Crippen LogP contribution in [-0.2, 0) is 19.2 Å². The third kappa shape index (κ3) is 12.8. The van der Waals surface area contributed by atoms with E-state index in [-0.39, 0.29) is 77.9 Å². The summed E-state index contributed by atoms with van der Waals surface area (Å²) in [4.78, 5) is 89.9. The quantitative estimate of drug-likeness (QED) is 0.156. The van der Waals surface area contributed by atoms with E-state index in [2.05, 4.69) is 10.6 Å². The summed E-state index contributed by atoms with van der Waals surface area (Å²) in [5.74, 6) is -1.08. The Hall–Kier alpha value is -4.58. The molecule has 12 nitrogen and oxygen atoms in total. The predicted molar refractivity (Wildman–Crippen MR) is 256 cm³/mol. The first-order valence-electron chi connectivity index (χ1n) is 23.8. The molecule has 6 atom stereocenters. The lowest BCUT2D eigenvalue weighted by atomic mass is 9.76. The van der Waals surface area contributed by atoms with Gasteiger partial charge in [-0.2, -0.15) is 0 Å². The first-order valence-corrected chi connectivity index (χ1v) is 23.8. The van der Waals surface area contributed by atoms with E-state index in [0.717, 1.165) is 36.8 Å². The van der Waals surface area contributed by atoms with Gasteiger partial charge in [0.2, 0.25) is 17.7 Å². The van der Waals surface area contributed by atoms with Crippen molar-refractivity contribution in [2.45, 2.75) is 165 Å². The zero-order valence-electron chi connectivity index (χ0n) is 41.5. The van der Waals surface area contributed by atoms with Gasteiger partial charge >= 0.3 is 0 Å². The van der Waals surface area contributed by atoms with Crippen LogP contribution in [0.4, 0.5) is 0 Å². The maximum absolute atomic E-state index is 14.1. The van der Waals surface area contributed by atoms with E-state index in [1.165, 1.54) is 0 Å². The minimum absolute atomic E-state index is 0.0151. The molecular weight excluding hydrogens is 805 g/mol. The number of benzene rings is 2. The summed E-state index contributed by atoms with van der Waals surface area (Å²) in [5, 5.41) is 6.05. The number of hydrogen-bond donors (Lipinski definition) is 2. The standard InChI is InChI=1S/C52H80N6O6/c1-15-35(6)46(60)54-45(52(11,12)13)50(64)56-29-17-19-42(56)32-58(34(4)5)48(62)40-26-22-38(23-27-40)37-20-24-39(25-21-37)47(61)57(33(2)3)31-41-18-16-28-55(41)49(63)43(51(8,9)10)30-44(59)36(7)53-14/h20-27,33-36,41-43,45,53H,15-19,28-32H2,1-14H3,(H,54,60)/t35-,36+,41+,42+,43-,45-/m1/s1. The average Bonchev–Trinajstić information content (AvgIpc) is 3.93. The molecular formula is C52H80N6O6. The Labute approximate surface area is 384 Å². The van der Waals surface area contributed by atoms with Crippen LogP contribution in [0.5, 0.6) is 0 Å². The second-order valence-electron chi connectivity index (χ2n) is 21.1. The molecule has 64 heavy (non-hydrogen) atoms. The van der Waals surface area contributed by atoms with Gasteiger partial charge in [0.05, 0.1) is 6.04 Å². The summed E-state index contributed by atoms with van der Waals surface area (Å²) in [5.41, 5.74) is 2.03. The molecule has 0 aromatic heterocycles. The van der Waals surface area contributed by atoms with Gasteiger partial charge in [-0.3, -0.25) is 28.8 Å². The molecule has 2 fully saturated rings. The van der Waals surface area contributed by atoms with Crippen molar-refractivity contribution in [3.05, 3.63) is 59.7 Å². The van der Waals surface area contributed by atoms with Crippen molar-refractivity contribution < 1.29 is 28.8 Å². The highest BCUT2D eigenvalue weighted by Gasteiger charge is 2.43. The second kappa shape index (κ2) is 22.1. The van der Waals surface area contributed by atoms with Crippen molar-refractivity contribution in [1.29, 1.82) is 0 Å². The number of amides is 5. The molecule has 2 saturated heterocycles. The number of nitrogens with zero attached hydrogens (tertiary/aromatic N) is 4. The normalized spacial score (nSPS) is 18.8. The molecule has 0 radical (unpaired) electrons. The van der Waals surface area contributed by atoms with Crippen LogP contribution in [0.1, 0.15) is 149 Å².